The van der Waals surface area contributed by atoms with Crippen LogP contribution in [-0.2, 0) is 4.79 Å². The molecule has 1 aromatic rings. The van der Waals surface area contributed by atoms with E-state index >= 15 is 0 Å². The standard InChI is InChI=1S/C9H12N2O5/c1-5-6(4-11-16-5)8(13)10-3-2-7(12)9(14)15/h4,7,12H,2-3H2,1H3,(H,10,13)(H,14,15)/t7-/m0/s1. The number of nitrogens with one attached hydrogen (secondary N) is 1. The lowest BCUT2D eigenvalue weighted by Crippen LogP contribution is -2.30. The van der Waals surface area contributed by atoms with Crippen molar-refractivity contribution in [2.24, 2.45) is 0 Å². The quantitative estimate of drug-likeness (QED) is 0.629. The minimum Gasteiger partial charge on any atom is -0.479 e. The molecule has 0 unspecified atom stereocenters. The number of aryl methyl sites for hydroxylation is 1. The number of carbonyl (C=O) groups excluding carboxylic acids is 1. The van der Waals surface area contributed by atoms with E-state index < -0.39 is 18.0 Å². The van der Waals surface area contributed by atoms with Crippen LogP contribution in [0, 0.1) is 6.92 Å². The van der Waals surface area contributed by atoms with Gasteiger partial charge in [-0.1, -0.05) is 5.16 Å². The highest BCUT2D eigenvalue weighted by Gasteiger charge is 2.15. The predicted octanol–water partition coefficient (Wildman–Crippen LogP) is -0.452. The predicted molar refractivity (Wildman–Crippen MR) is 51.8 cm³/mol. The second-order valence-electron chi connectivity index (χ2n) is 3.19. The second-order valence-corrected chi connectivity index (χ2v) is 3.19. The molecule has 1 aromatic heterocycles. The van der Waals surface area contributed by atoms with Crippen molar-refractivity contribution in [2.45, 2.75) is 19.4 Å². The molecule has 7 heteroatoms. The summed E-state index contributed by atoms with van der Waals surface area (Å²) in [5, 5.41) is 23.2. The van der Waals surface area contributed by atoms with E-state index in [1.807, 2.05) is 0 Å². The lowest BCUT2D eigenvalue weighted by atomic mass is 10.2. The van der Waals surface area contributed by atoms with Crippen LogP contribution >= 0.6 is 0 Å². The molecule has 16 heavy (non-hydrogen) atoms. The summed E-state index contributed by atoms with van der Waals surface area (Å²) in [5.74, 6) is -1.33. The first kappa shape index (κ1) is 12.2. The van der Waals surface area contributed by atoms with Crippen LogP contribution in [0.1, 0.15) is 22.5 Å². The number of carboxylic acids is 1. The zero-order valence-corrected chi connectivity index (χ0v) is 8.64. The first-order chi connectivity index (χ1) is 7.52. The van der Waals surface area contributed by atoms with Crippen LogP contribution in [0.3, 0.4) is 0 Å². The van der Waals surface area contributed by atoms with E-state index in [4.69, 9.17) is 14.7 Å². The van der Waals surface area contributed by atoms with E-state index in [1.54, 1.807) is 6.92 Å². The zero-order chi connectivity index (χ0) is 12.1. The summed E-state index contributed by atoms with van der Waals surface area (Å²) in [5.41, 5.74) is 0.296. The Morgan fingerprint density at radius 3 is 2.81 bits per heavy atom. The van der Waals surface area contributed by atoms with Crippen LogP contribution in [0.5, 0.6) is 0 Å². The molecule has 0 radical (unpaired) electrons. The van der Waals surface area contributed by atoms with Crippen molar-refractivity contribution in [2.75, 3.05) is 6.54 Å². The van der Waals surface area contributed by atoms with E-state index in [-0.39, 0.29) is 13.0 Å². The van der Waals surface area contributed by atoms with Gasteiger partial charge >= 0.3 is 5.97 Å². The fourth-order valence-electron chi connectivity index (χ4n) is 1.06. The van der Waals surface area contributed by atoms with E-state index in [9.17, 15) is 9.59 Å². The van der Waals surface area contributed by atoms with Gasteiger partial charge in [-0.15, -0.1) is 0 Å². The van der Waals surface area contributed by atoms with Gasteiger partial charge in [0.2, 0.25) is 0 Å². The minimum absolute atomic E-state index is 0.0502. The first-order valence-corrected chi connectivity index (χ1v) is 4.62. The smallest absolute Gasteiger partial charge is 0.332 e. The Balaban J connectivity index is 2.37. The Morgan fingerprint density at radius 1 is 1.62 bits per heavy atom. The van der Waals surface area contributed by atoms with Gasteiger partial charge in [-0.3, -0.25) is 4.79 Å². The van der Waals surface area contributed by atoms with Crippen LogP contribution in [0.25, 0.3) is 0 Å². The molecule has 3 N–H and O–H groups in total. The average molecular weight is 228 g/mol. The average Bonchev–Trinajstić information content (AvgIpc) is 2.64. The number of carbonyl (C=O) groups is 2. The second kappa shape index (κ2) is 5.26. The van der Waals surface area contributed by atoms with Crippen LogP contribution < -0.4 is 5.32 Å². The molecule has 1 amide bonds. The summed E-state index contributed by atoms with van der Waals surface area (Å²) < 4.78 is 4.70. The maximum atomic E-state index is 11.4. The topological polar surface area (TPSA) is 113 Å². The first-order valence-electron chi connectivity index (χ1n) is 4.62. The monoisotopic (exact) mass is 228 g/mol. The molecule has 1 heterocycles. The van der Waals surface area contributed by atoms with Crippen LogP contribution in [0.2, 0.25) is 0 Å². The number of aliphatic hydroxyl groups is 1. The van der Waals surface area contributed by atoms with Gasteiger partial charge in [-0.2, -0.15) is 0 Å². The van der Waals surface area contributed by atoms with Gasteiger partial charge < -0.3 is 20.1 Å². The molecule has 0 bridgehead atoms. The highest BCUT2D eigenvalue weighted by molar-refractivity contribution is 5.94. The van der Waals surface area contributed by atoms with E-state index in [0.29, 0.717) is 11.3 Å². The summed E-state index contributed by atoms with van der Waals surface area (Å²) in [6.45, 7) is 1.66. The molecule has 1 rings (SSSR count). The number of hydrogen-bond donors (Lipinski definition) is 3. The lowest BCUT2D eigenvalue weighted by molar-refractivity contribution is -0.146. The van der Waals surface area contributed by atoms with Crippen molar-refractivity contribution in [3.8, 4) is 0 Å². The van der Waals surface area contributed by atoms with Gasteiger partial charge in [0.05, 0.1) is 6.20 Å². The van der Waals surface area contributed by atoms with Crippen molar-refractivity contribution >= 4 is 11.9 Å². The molecular formula is C9H12N2O5. The van der Waals surface area contributed by atoms with Gasteiger partial charge in [0.25, 0.3) is 5.91 Å². The number of nitrogens with zero attached hydrogens (tertiary/aromatic N) is 1. The molecule has 0 aliphatic heterocycles. The van der Waals surface area contributed by atoms with Crippen LogP contribution in [-0.4, -0.2) is 39.9 Å². The fourth-order valence-corrected chi connectivity index (χ4v) is 1.06. The third-order valence-electron chi connectivity index (χ3n) is 1.98. The van der Waals surface area contributed by atoms with Gasteiger partial charge in [0, 0.05) is 13.0 Å². The lowest BCUT2D eigenvalue weighted by Gasteiger charge is -2.06. The highest BCUT2D eigenvalue weighted by atomic mass is 16.5. The molecule has 0 aliphatic rings. The summed E-state index contributed by atoms with van der Waals surface area (Å²) in [7, 11) is 0. The number of aromatic nitrogens is 1. The molecular weight excluding hydrogens is 216 g/mol. The number of amides is 1. The van der Waals surface area contributed by atoms with Crippen molar-refractivity contribution in [1.29, 1.82) is 0 Å². The number of rotatable bonds is 5. The third kappa shape index (κ3) is 3.06. The van der Waals surface area contributed by atoms with Gasteiger partial charge in [0.1, 0.15) is 11.3 Å². The number of hydrogen-bond acceptors (Lipinski definition) is 5. The SMILES string of the molecule is Cc1oncc1C(=O)NCC[C@H](O)C(=O)O. The molecule has 7 nitrogen and oxygen atoms in total. The van der Waals surface area contributed by atoms with Gasteiger partial charge in [-0.25, -0.2) is 4.79 Å². The Hall–Kier alpha value is -1.89. The normalized spacial score (nSPS) is 12.1. The van der Waals surface area contributed by atoms with Crippen LogP contribution in [0.15, 0.2) is 10.7 Å². The van der Waals surface area contributed by atoms with Crippen molar-refractivity contribution in [3.05, 3.63) is 17.5 Å². The van der Waals surface area contributed by atoms with E-state index in [2.05, 4.69) is 10.5 Å². The van der Waals surface area contributed by atoms with E-state index in [1.165, 1.54) is 6.20 Å². The minimum atomic E-state index is -1.47. The Bertz CT molecular complexity index is 387. The maximum Gasteiger partial charge on any atom is 0.332 e. The fraction of sp³-hybridized carbons (Fsp3) is 0.444. The summed E-state index contributed by atoms with van der Waals surface area (Å²) in [6.07, 6.45) is -0.243. The molecule has 0 saturated heterocycles. The molecule has 0 aliphatic carbocycles. The largest absolute Gasteiger partial charge is 0.479 e. The van der Waals surface area contributed by atoms with Crippen LogP contribution in [0.4, 0.5) is 0 Å². The van der Waals surface area contributed by atoms with Crippen molar-refractivity contribution in [1.82, 2.24) is 10.5 Å². The summed E-state index contributed by atoms with van der Waals surface area (Å²) in [4.78, 5) is 21.7. The third-order valence-corrected chi connectivity index (χ3v) is 1.98. The van der Waals surface area contributed by atoms with Crippen molar-refractivity contribution in [3.63, 3.8) is 0 Å². The molecule has 0 fully saturated rings. The molecule has 0 spiro atoms. The molecule has 1 atom stereocenters. The number of aliphatic carboxylic acids is 1. The Labute approximate surface area is 91.0 Å². The van der Waals surface area contributed by atoms with Gasteiger partial charge in [0.15, 0.2) is 6.10 Å². The maximum absolute atomic E-state index is 11.4. The summed E-state index contributed by atoms with van der Waals surface area (Å²) in [6, 6.07) is 0. The number of aliphatic hydroxyl groups excluding tert-OH is 1. The van der Waals surface area contributed by atoms with Crippen molar-refractivity contribution < 1.29 is 24.3 Å². The zero-order valence-electron chi connectivity index (χ0n) is 8.64. The summed E-state index contributed by atoms with van der Waals surface area (Å²) >= 11 is 0. The Kier molecular flexibility index (Phi) is 4.01. The highest BCUT2D eigenvalue weighted by Crippen LogP contribution is 2.05. The number of carboxylic acid groups (broad SMARTS) is 1. The van der Waals surface area contributed by atoms with E-state index in [0.717, 1.165) is 0 Å². The molecule has 0 saturated carbocycles. The van der Waals surface area contributed by atoms with Gasteiger partial charge in [-0.05, 0) is 6.92 Å². The molecule has 0 aromatic carbocycles. The Morgan fingerprint density at radius 2 is 2.31 bits per heavy atom. The molecule has 88 valence electrons.